The molecular formula is C20H20FN5O4S. The summed E-state index contributed by atoms with van der Waals surface area (Å²) in [5.41, 5.74) is 5.24. The number of ether oxygens (including phenoxy) is 1. The van der Waals surface area contributed by atoms with Crippen molar-refractivity contribution in [1.82, 2.24) is 20.8 Å². The molecule has 0 aliphatic carbocycles. The highest BCUT2D eigenvalue weighted by Gasteiger charge is 2.18. The van der Waals surface area contributed by atoms with Crippen molar-refractivity contribution in [2.24, 2.45) is 0 Å². The van der Waals surface area contributed by atoms with Gasteiger partial charge >= 0.3 is 0 Å². The number of thiazole rings is 1. The number of benzene rings is 1. The van der Waals surface area contributed by atoms with Gasteiger partial charge in [0.05, 0.1) is 25.0 Å². The van der Waals surface area contributed by atoms with E-state index in [0.717, 1.165) is 18.2 Å². The fraction of sp³-hybridized carbons (Fsp3) is 0.300. The van der Waals surface area contributed by atoms with Crippen LogP contribution in [0.2, 0.25) is 0 Å². The number of aryl methyl sites for hydroxylation is 1. The van der Waals surface area contributed by atoms with E-state index in [0.29, 0.717) is 30.4 Å². The Morgan fingerprint density at radius 1 is 1.19 bits per heavy atom. The topological polar surface area (TPSA) is 110 Å². The Hall–Kier alpha value is -3.31. The number of hydrogen-bond donors (Lipinski definition) is 2. The van der Waals surface area contributed by atoms with Gasteiger partial charge in [0.15, 0.2) is 16.8 Å². The minimum Gasteiger partial charge on any atom is -0.441 e. The zero-order valence-electron chi connectivity index (χ0n) is 16.5. The van der Waals surface area contributed by atoms with Crippen LogP contribution in [0.3, 0.4) is 0 Å². The van der Waals surface area contributed by atoms with Crippen molar-refractivity contribution in [3.8, 4) is 11.3 Å². The Bertz CT molecular complexity index is 1060. The van der Waals surface area contributed by atoms with Crippen molar-refractivity contribution >= 4 is 28.3 Å². The van der Waals surface area contributed by atoms with E-state index in [9.17, 15) is 14.0 Å². The lowest BCUT2D eigenvalue weighted by Crippen LogP contribution is -2.42. The minimum absolute atomic E-state index is 0.0353. The molecule has 4 rings (SSSR count). The van der Waals surface area contributed by atoms with Crippen LogP contribution in [0.15, 0.2) is 40.3 Å². The summed E-state index contributed by atoms with van der Waals surface area (Å²) in [5, 5.41) is 2.39. The zero-order chi connectivity index (χ0) is 21.6. The van der Waals surface area contributed by atoms with E-state index in [2.05, 4.69) is 25.7 Å². The Morgan fingerprint density at radius 3 is 2.81 bits per heavy atom. The van der Waals surface area contributed by atoms with E-state index in [1.807, 2.05) is 0 Å². The molecule has 1 aliphatic heterocycles. The second-order valence-corrected chi connectivity index (χ2v) is 7.55. The molecule has 162 valence electrons. The molecule has 1 aromatic carbocycles. The van der Waals surface area contributed by atoms with Crippen molar-refractivity contribution in [2.75, 3.05) is 31.2 Å². The van der Waals surface area contributed by atoms with Gasteiger partial charge in [-0.2, -0.15) is 0 Å². The number of morpholine rings is 1. The third-order valence-corrected chi connectivity index (χ3v) is 5.48. The molecule has 1 fully saturated rings. The van der Waals surface area contributed by atoms with Gasteiger partial charge < -0.3 is 14.1 Å². The third-order valence-electron chi connectivity index (χ3n) is 4.58. The van der Waals surface area contributed by atoms with Gasteiger partial charge in [-0.25, -0.2) is 14.4 Å². The van der Waals surface area contributed by atoms with Crippen molar-refractivity contribution in [3.63, 3.8) is 0 Å². The van der Waals surface area contributed by atoms with Gasteiger partial charge in [0.2, 0.25) is 5.91 Å². The second-order valence-electron chi connectivity index (χ2n) is 6.72. The molecule has 0 bridgehead atoms. The van der Waals surface area contributed by atoms with E-state index in [4.69, 9.17) is 9.15 Å². The highest BCUT2D eigenvalue weighted by Crippen LogP contribution is 2.24. The smallest absolute Gasteiger partial charge is 0.289 e. The van der Waals surface area contributed by atoms with Crippen LogP contribution in [0.5, 0.6) is 0 Å². The number of nitrogens with zero attached hydrogens (tertiary/aromatic N) is 3. The molecule has 3 heterocycles. The van der Waals surface area contributed by atoms with Gasteiger partial charge in [0.25, 0.3) is 5.91 Å². The number of anilines is 1. The average Bonchev–Trinajstić information content (AvgIpc) is 3.47. The van der Waals surface area contributed by atoms with Crippen molar-refractivity contribution in [3.05, 3.63) is 53.2 Å². The Labute approximate surface area is 181 Å². The largest absolute Gasteiger partial charge is 0.441 e. The first-order valence-electron chi connectivity index (χ1n) is 9.67. The number of oxazole rings is 1. The van der Waals surface area contributed by atoms with Gasteiger partial charge in [0.1, 0.15) is 11.5 Å². The van der Waals surface area contributed by atoms with Crippen LogP contribution in [0.1, 0.15) is 22.8 Å². The standard InChI is InChI=1S/C20H20FN5O4S/c21-14-4-2-1-3-13(14)16-11-22-18(30-16)6-5-17(27)24-25-19(28)15-12-31-20(23-15)26-7-9-29-10-8-26/h1-4,11-12H,5-10H2,(H,24,27)(H,25,28). The molecule has 9 nitrogen and oxygen atoms in total. The van der Waals surface area contributed by atoms with E-state index in [-0.39, 0.29) is 18.5 Å². The Morgan fingerprint density at radius 2 is 2.00 bits per heavy atom. The molecule has 2 aromatic heterocycles. The molecule has 1 aliphatic rings. The van der Waals surface area contributed by atoms with Crippen LogP contribution in [0.25, 0.3) is 11.3 Å². The van der Waals surface area contributed by atoms with Crippen LogP contribution in [-0.2, 0) is 16.0 Å². The summed E-state index contributed by atoms with van der Waals surface area (Å²) >= 11 is 1.37. The van der Waals surface area contributed by atoms with Crippen molar-refractivity contribution in [1.29, 1.82) is 0 Å². The maximum atomic E-state index is 13.8. The van der Waals surface area contributed by atoms with Gasteiger partial charge in [-0.1, -0.05) is 12.1 Å². The molecule has 0 radical (unpaired) electrons. The summed E-state index contributed by atoms with van der Waals surface area (Å²) < 4.78 is 24.6. The molecule has 11 heteroatoms. The SMILES string of the molecule is O=C(CCc1ncc(-c2ccccc2F)o1)NNC(=O)c1csc(N2CCOCC2)n1. The average molecular weight is 445 g/mol. The normalized spacial score (nSPS) is 13.8. The van der Waals surface area contributed by atoms with Crippen molar-refractivity contribution < 1.29 is 23.1 Å². The fourth-order valence-corrected chi connectivity index (χ4v) is 3.81. The van der Waals surface area contributed by atoms with Gasteiger partial charge in [-0.3, -0.25) is 20.4 Å². The number of nitrogens with one attached hydrogen (secondary N) is 2. The van der Waals surface area contributed by atoms with E-state index >= 15 is 0 Å². The van der Waals surface area contributed by atoms with Crippen LogP contribution >= 0.6 is 11.3 Å². The number of rotatable bonds is 6. The lowest BCUT2D eigenvalue weighted by atomic mass is 10.2. The summed E-state index contributed by atoms with van der Waals surface area (Å²) in [4.78, 5) is 34.7. The quantitative estimate of drug-likeness (QED) is 0.560. The number of hydrazine groups is 1. The van der Waals surface area contributed by atoms with Crippen LogP contribution in [-0.4, -0.2) is 48.1 Å². The molecule has 31 heavy (non-hydrogen) atoms. The Balaban J connectivity index is 1.24. The monoisotopic (exact) mass is 445 g/mol. The summed E-state index contributed by atoms with van der Waals surface area (Å²) in [7, 11) is 0. The summed E-state index contributed by atoms with van der Waals surface area (Å²) in [6, 6.07) is 6.21. The predicted molar refractivity (Wildman–Crippen MR) is 111 cm³/mol. The molecule has 2 amide bonds. The highest BCUT2D eigenvalue weighted by atomic mass is 32.1. The number of carbonyl (C=O) groups is 2. The number of carbonyl (C=O) groups excluding carboxylic acids is 2. The molecule has 0 unspecified atom stereocenters. The lowest BCUT2D eigenvalue weighted by Gasteiger charge is -2.25. The first-order chi connectivity index (χ1) is 15.1. The van der Waals surface area contributed by atoms with Gasteiger partial charge in [0, 0.05) is 31.3 Å². The first-order valence-corrected chi connectivity index (χ1v) is 10.5. The molecule has 3 aromatic rings. The van der Waals surface area contributed by atoms with Gasteiger partial charge in [-0.05, 0) is 12.1 Å². The lowest BCUT2D eigenvalue weighted by molar-refractivity contribution is -0.121. The molecule has 0 spiro atoms. The molecule has 2 N–H and O–H groups in total. The first kappa shape index (κ1) is 20.9. The maximum Gasteiger partial charge on any atom is 0.289 e. The Kier molecular flexibility index (Phi) is 6.53. The van der Waals surface area contributed by atoms with Crippen LogP contribution < -0.4 is 15.8 Å². The fourth-order valence-electron chi connectivity index (χ4n) is 2.95. The van der Waals surface area contributed by atoms with Crippen LogP contribution in [0.4, 0.5) is 9.52 Å². The summed E-state index contributed by atoms with van der Waals surface area (Å²) in [6.45, 7) is 2.71. The van der Waals surface area contributed by atoms with E-state index in [1.54, 1.807) is 23.6 Å². The number of halogens is 1. The molecule has 0 saturated carbocycles. The van der Waals surface area contributed by atoms with E-state index in [1.165, 1.54) is 23.6 Å². The molecule has 1 saturated heterocycles. The number of amides is 2. The predicted octanol–water partition coefficient (Wildman–Crippen LogP) is 2.17. The number of aromatic nitrogens is 2. The van der Waals surface area contributed by atoms with Crippen molar-refractivity contribution in [2.45, 2.75) is 12.8 Å². The van der Waals surface area contributed by atoms with E-state index < -0.39 is 17.6 Å². The highest BCUT2D eigenvalue weighted by molar-refractivity contribution is 7.13. The maximum absolute atomic E-state index is 13.8. The molecular weight excluding hydrogens is 425 g/mol. The summed E-state index contributed by atoms with van der Waals surface area (Å²) in [6.07, 6.45) is 1.66. The molecule has 0 atom stereocenters. The summed E-state index contributed by atoms with van der Waals surface area (Å²) in [5.74, 6) is -0.732. The third kappa shape index (κ3) is 5.25. The number of hydrogen-bond acceptors (Lipinski definition) is 8. The van der Waals surface area contributed by atoms with Crippen LogP contribution in [0, 0.1) is 5.82 Å². The van der Waals surface area contributed by atoms with Gasteiger partial charge in [-0.15, -0.1) is 11.3 Å². The minimum atomic E-state index is -0.498. The second kappa shape index (κ2) is 9.67. The zero-order valence-corrected chi connectivity index (χ0v) is 17.3.